The molecule has 1 amide bonds. The average Bonchev–Trinajstić information content (AvgIpc) is 3.19. The maximum atomic E-state index is 12.5. The van der Waals surface area contributed by atoms with E-state index >= 15 is 0 Å². The van der Waals surface area contributed by atoms with Gasteiger partial charge < -0.3 is 5.32 Å². The molecule has 7 heteroatoms. The predicted octanol–water partition coefficient (Wildman–Crippen LogP) is 5.94. The highest BCUT2D eigenvalue weighted by atomic mass is 35.5. The van der Waals surface area contributed by atoms with Crippen LogP contribution in [0.5, 0.6) is 0 Å². The number of aryl methyl sites for hydroxylation is 2. The topological polar surface area (TPSA) is 59.8 Å². The summed E-state index contributed by atoms with van der Waals surface area (Å²) in [5.41, 5.74) is 4.92. The van der Waals surface area contributed by atoms with Crippen LogP contribution in [-0.4, -0.2) is 26.4 Å². The second kappa shape index (κ2) is 9.37. The van der Waals surface area contributed by atoms with Crippen molar-refractivity contribution >= 4 is 35.0 Å². The summed E-state index contributed by atoms with van der Waals surface area (Å²) < 4.78 is 1.96. The first-order chi connectivity index (χ1) is 15.0. The fourth-order valence-electron chi connectivity index (χ4n) is 3.04. The van der Waals surface area contributed by atoms with Crippen LogP contribution in [0.1, 0.15) is 11.1 Å². The molecule has 3 aromatic carbocycles. The molecule has 0 aliphatic rings. The van der Waals surface area contributed by atoms with Crippen molar-refractivity contribution in [3.63, 3.8) is 0 Å². The van der Waals surface area contributed by atoms with E-state index in [9.17, 15) is 4.79 Å². The lowest BCUT2D eigenvalue weighted by Gasteiger charge is -2.11. The average molecular weight is 449 g/mol. The van der Waals surface area contributed by atoms with Gasteiger partial charge in [-0.1, -0.05) is 58.8 Å². The van der Waals surface area contributed by atoms with Gasteiger partial charge in [0.15, 0.2) is 11.0 Å². The third-order valence-electron chi connectivity index (χ3n) is 4.70. The first-order valence-electron chi connectivity index (χ1n) is 9.77. The van der Waals surface area contributed by atoms with Crippen molar-refractivity contribution in [2.75, 3.05) is 11.1 Å². The molecule has 0 radical (unpaired) electrons. The van der Waals surface area contributed by atoms with Gasteiger partial charge in [0, 0.05) is 22.0 Å². The molecule has 1 N–H and O–H groups in total. The van der Waals surface area contributed by atoms with Crippen LogP contribution in [-0.2, 0) is 4.79 Å². The minimum Gasteiger partial charge on any atom is -0.325 e. The minimum absolute atomic E-state index is 0.0969. The maximum Gasteiger partial charge on any atom is 0.234 e. The largest absolute Gasteiger partial charge is 0.325 e. The van der Waals surface area contributed by atoms with E-state index in [0.717, 1.165) is 28.1 Å². The number of aromatic nitrogens is 3. The molecule has 0 spiro atoms. The normalized spacial score (nSPS) is 10.8. The summed E-state index contributed by atoms with van der Waals surface area (Å²) in [5.74, 6) is 0.820. The predicted molar refractivity (Wildman–Crippen MR) is 127 cm³/mol. The monoisotopic (exact) mass is 448 g/mol. The van der Waals surface area contributed by atoms with Gasteiger partial charge in [-0.25, -0.2) is 0 Å². The minimum atomic E-state index is -0.0969. The van der Waals surface area contributed by atoms with Crippen molar-refractivity contribution < 1.29 is 4.79 Å². The number of hydrogen-bond donors (Lipinski definition) is 1. The van der Waals surface area contributed by atoms with Gasteiger partial charge in [0.1, 0.15) is 0 Å². The summed E-state index contributed by atoms with van der Waals surface area (Å²) in [7, 11) is 0. The van der Waals surface area contributed by atoms with E-state index in [0.29, 0.717) is 16.0 Å². The number of nitrogens with one attached hydrogen (secondary N) is 1. The highest BCUT2D eigenvalue weighted by molar-refractivity contribution is 7.99. The molecule has 5 nitrogen and oxygen atoms in total. The molecule has 0 unspecified atom stereocenters. The summed E-state index contributed by atoms with van der Waals surface area (Å²) in [6.07, 6.45) is 0. The van der Waals surface area contributed by atoms with Crippen LogP contribution >= 0.6 is 23.4 Å². The van der Waals surface area contributed by atoms with E-state index in [2.05, 4.69) is 15.5 Å². The molecule has 4 rings (SSSR count). The lowest BCUT2D eigenvalue weighted by molar-refractivity contribution is -0.113. The number of rotatable bonds is 6. The fourth-order valence-corrected chi connectivity index (χ4v) is 3.92. The summed E-state index contributed by atoms with van der Waals surface area (Å²) >= 11 is 7.39. The summed E-state index contributed by atoms with van der Waals surface area (Å²) in [4.78, 5) is 12.5. The van der Waals surface area contributed by atoms with E-state index in [1.54, 1.807) is 0 Å². The van der Waals surface area contributed by atoms with E-state index in [1.807, 2.05) is 91.2 Å². The van der Waals surface area contributed by atoms with Crippen LogP contribution in [0.3, 0.4) is 0 Å². The van der Waals surface area contributed by atoms with Gasteiger partial charge in [-0.3, -0.25) is 9.36 Å². The first kappa shape index (κ1) is 21.2. The standard InChI is InChI=1S/C24H21ClN4OS/c1-16-3-11-20(12-4-16)26-22(30)15-31-24-28-27-23(18-7-9-19(25)10-8-18)29(24)21-13-5-17(2)6-14-21/h3-14H,15H2,1-2H3,(H,26,30). The number of carbonyl (C=O) groups excluding carboxylic acids is 1. The smallest absolute Gasteiger partial charge is 0.234 e. The van der Waals surface area contributed by atoms with Gasteiger partial charge in [0.05, 0.1) is 5.75 Å². The molecule has 0 fully saturated rings. The molecule has 0 aliphatic carbocycles. The molecule has 31 heavy (non-hydrogen) atoms. The Morgan fingerprint density at radius 2 is 1.52 bits per heavy atom. The van der Waals surface area contributed by atoms with Gasteiger partial charge in [-0.15, -0.1) is 10.2 Å². The third kappa shape index (κ3) is 5.16. The molecular weight excluding hydrogens is 428 g/mol. The third-order valence-corrected chi connectivity index (χ3v) is 5.88. The van der Waals surface area contributed by atoms with E-state index in [-0.39, 0.29) is 11.7 Å². The van der Waals surface area contributed by atoms with Gasteiger partial charge in [0.2, 0.25) is 5.91 Å². The summed E-state index contributed by atoms with van der Waals surface area (Å²) in [6.45, 7) is 4.05. The van der Waals surface area contributed by atoms with Crippen molar-refractivity contribution in [2.24, 2.45) is 0 Å². The lowest BCUT2D eigenvalue weighted by Crippen LogP contribution is -2.14. The van der Waals surface area contributed by atoms with Gasteiger partial charge in [-0.05, 0) is 62.4 Å². The Bertz CT molecular complexity index is 1190. The van der Waals surface area contributed by atoms with E-state index in [4.69, 9.17) is 11.6 Å². The zero-order valence-corrected chi connectivity index (χ0v) is 18.7. The first-order valence-corrected chi connectivity index (χ1v) is 11.1. The number of carbonyl (C=O) groups is 1. The van der Waals surface area contributed by atoms with Crippen LogP contribution < -0.4 is 5.32 Å². The Morgan fingerprint density at radius 1 is 0.903 bits per heavy atom. The molecule has 4 aromatic rings. The number of nitrogens with zero attached hydrogens (tertiary/aromatic N) is 3. The Hall–Kier alpha value is -3.09. The highest BCUT2D eigenvalue weighted by Gasteiger charge is 2.17. The van der Waals surface area contributed by atoms with Crippen LogP contribution in [0.15, 0.2) is 78.0 Å². The molecule has 0 aliphatic heterocycles. The second-order valence-corrected chi connectivity index (χ2v) is 8.57. The zero-order chi connectivity index (χ0) is 21.8. The molecular formula is C24H21ClN4OS. The van der Waals surface area contributed by atoms with Crippen LogP contribution in [0.25, 0.3) is 17.1 Å². The molecule has 0 saturated carbocycles. The van der Waals surface area contributed by atoms with Gasteiger partial charge in [0.25, 0.3) is 0 Å². The molecule has 0 atom stereocenters. The summed E-state index contributed by atoms with van der Waals surface area (Å²) in [5, 5.41) is 13.0. The second-order valence-electron chi connectivity index (χ2n) is 7.19. The Labute approximate surface area is 190 Å². The summed E-state index contributed by atoms with van der Waals surface area (Å²) in [6, 6.07) is 23.3. The SMILES string of the molecule is Cc1ccc(NC(=O)CSc2nnc(-c3ccc(Cl)cc3)n2-c2ccc(C)cc2)cc1. The van der Waals surface area contributed by atoms with Crippen LogP contribution in [0.2, 0.25) is 5.02 Å². The van der Waals surface area contributed by atoms with Crippen LogP contribution in [0.4, 0.5) is 5.69 Å². The maximum absolute atomic E-state index is 12.5. The van der Waals surface area contributed by atoms with Crippen LogP contribution in [0, 0.1) is 13.8 Å². The number of halogens is 1. The van der Waals surface area contributed by atoms with Crippen molar-refractivity contribution in [1.29, 1.82) is 0 Å². The Balaban J connectivity index is 1.59. The van der Waals surface area contributed by atoms with Crippen molar-refractivity contribution in [3.8, 4) is 17.1 Å². The number of hydrogen-bond acceptors (Lipinski definition) is 4. The quantitative estimate of drug-likeness (QED) is 0.371. The van der Waals surface area contributed by atoms with Crippen molar-refractivity contribution in [1.82, 2.24) is 14.8 Å². The fraction of sp³-hybridized carbons (Fsp3) is 0.125. The lowest BCUT2D eigenvalue weighted by atomic mass is 10.2. The highest BCUT2D eigenvalue weighted by Crippen LogP contribution is 2.29. The van der Waals surface area contributed by atoms with Gasteiger partial charge in [-0.2, -0.15) is 0 Å². The number of anilines is 1. The molecule has 1 aromatic heterocycles. The number of amides is 1. The molecule has 1 heterocycles. The van der Waals surface area contributed by atoms with Gasteiger partial charge >= 0.3 is 0 Å². The Morgan fingerprint density at radius 3 is 2.16 bits per heavy atom. The molecule has 0 bridgehead atoms. The zero-order valence-electron chi connectivity index (χ0n) is 17.2. The number of thioether (sulfide) groups is 1. The van der Waals surface area contributed by atoms with E-state index in [1.165, 1.54) is 11.8 Å². The molecule has 0 saturated heterocycles. The Kier molecular flexibility index (Phi) is 6.39. The van der Waals surface area contributed by atoms with E-state index < -0.39 is 0 Å². The molecule has 156 valence electrons. The van der Waals surface area contributed by atoms with Crippen molar-refractivity contribution in [3.05, 3.63) is 88.9 Å². The van der Waals surface area contributed by atoms with Crippen molar-refractivity contribution in [2.45, 2.75) is 19.0 Å². The number of benzene rings is 3.